The fraction of sp³-hybridized carbons (Fsp3) is 0.143. The number of hydrogen-bond donors (Lipinski definition) is 1. The summed E-state index contributed by atoms with van der Waals surface area (Å²) < 4.78 is 0.288. The number of aryl methyl sites for hydroxylation is 1. The van der Waals surface area contributed by atoms with E-state index in [1.165, 1.54) is 12.1 Å². The van der Waals surface area contributed by atoms with Crippen molar-refractivity contribution in [1.29, 1.82) is 0 Å². The van der Waals surface area contributed by atoms with Crippen molar-refractivity contribution in [3.63, 3.8) is 0 Å². The van der Waals surface area contributed by atoms with E-state index in [4.69, 9.17) is 5.11 Å². The molecule has 0 atom stereocenters. The van der Waals surface area contributed by atoms with Crippen LogP contribution in [0.3, 0.4) is 0 Å². The molecule has 1 rings (SSSR count). The van der Waals surface area contributed by atoms with Gasteiger partial charge in [0.2, 0.25) is 0 Å². The van der Waals surface area contributed by atoms with Crippen LogP contribution in [0.15, 0.2) is 16.6 Å². The maximum Gasteiger partial charge on any atom is 0.284 e. The van der Waals surface area contributed by atoms with Crippen LogP contribution in [0.5, 0.6) is 5.75 Å². The third-order valence-corrected chi connectivity index (χ3v) is 2.10. The molecule has 0 radical (unpaired) electrons. The molecule has 0 aliphatic carbocycles. The molecular weight excluding hydrogens is 226 g/mol. The Morgan fingerprint density at radius 1 is 1.58 bits per heavy atom. The van der Waals surface area contributed by atoms with Crippen LogP contribution < -0.4 is 0 Å². The number of halogens is 1. The van der Waals surface area contributed by atoms with Gasteiger partial charge in [-0.25, -0.2) is 0 Å². The Balaban J connectivity index is 3.33. The van der Waals surface area contributed by atoms with Gasteiger partial charge in [0.1, 0.15) is 5.75 Å². The van der Waals surface area contributed by atoms with Crippen LogP contribution in [0.4, 0.5) is 5.69 Å². The maximum atomic E-state index is 10.4. The zero-order valence-corrected chi connectivity index (χ0v) is 7.83. The van der Waals surface area contributed by atoms with E-state index in [9.17, 15) is 10.1 Å². The Morgan fingerprint density at radius 2 is 2.17 bits per heavy atom. The van der Waals surface area contributed by atoms with Crippen LogP contribution in [0.25, 0.3) is 0 Å². The Labute approximate surface area is 77.1 Å². The monoisotopic (exact) mass is 231 g/mol. The first-order valence-electron chi connectivity index (χ1n) is 3.16. The molecule has 64 valence electrons. The quantitative estimate of drug-likeness (QED) is 0.597. The molecule has 12 heavy (non-hydrogen) atoms. The molecule has 0 bridgehead atoms. The molecular formula is C7H6BrNO3. The number of phenols is 1. The molecule has 4 nitrogen and oxygen atoms in total. The highest BCUT2D eigenvalue weighted by molar-refractivity contribution is 9.10. The highest BCUT2D eigenvalue weighted by Gasteiger charge is 2.13. The molecule has 1 N–H and O–H groups in total. The van der Waals surface area contributed by atoms with E-state index in [1.807, 2.05) is 0 Å². The van der Waals surface area contributed by atoms with Crippen LogP contribution in [-0.2, 0) is 0 Å². The molecule has 0 heterocycles. The highest BCUT2D eigenvalue weighted by Crippen LogP contribution is 2.31. The topological polar surface area (TPSA) is 63.4 Å². The number of benzene rings is 1. The second-order valence-corrected chi connectivity index (χ2v) is 3.20. The zero-order chi connectivity index (χ0) is 9.30. The number of aromatic hydroxyl groups is 1. The van der Waals surface area contributed by atoms with Crippen molar-refractivity contribution in [3.8, 4) is 5.75 Å². The SMILES string of the molecule is Cc1cc([N+](=O)[O-])c(Br)cc1O. The van der Waals surface area contributed by atoms with Gasteiger partial charge in [-0.2, -0.15) is 0 Å². The van der Waals surface area contributed by atoms with Crippen molar-refractivity contribution in [2.24, 2.45) is 0 Å². The molecule has 0 aliphatic rings. The second kappa shape index (κ2) is 3.10. The summed E-state index contributed by atoms with van der Waals surface area (Å²) in [7, 11) is 0. The summed E-state index contributed by atoms with van der Waals surface area (Å²) in [5, 5.41) is 19.5. The normalized spacial score (nSPS) is 9.83. The van der Waals surface area contributed by atoms with Crippen LogP contribution in [0.2, 0.25) is 0 Å². The Morgan fingerprint density at radius 3 is 2.67 bits per heavy atom. The minimum atomic E-state index is -0.503. The van der Waals surface area contributed by atoms with Crippen LogP contribution in [-0.4, -0.2) is 10.0 Å². The van der Waals surface area contributed by atoms with E-state index in [2.05, 4.69) is 15.9 Å². The van der Waals surface area contributed by atoms with E-state index >= 15 is 0 Å². The number of nitro benzene ring substituents is 1. The van der Waals surface area contributed by atoms with Gasteiger partial charge in [0.25, 0.3) is 5.69 Å². The van der Waals surface area contributed by atoms with Gasteiger partial charge >= 0.3 is 0 Å². The lowest BCUT2D eigenvalue weighted by molar-refractivity contribution is -0.385. The molecule has 0 aromatic heterocycles. The molecule has 1 aromatic rings. The number of hydrogen-bond acceptors (Lipinski definition) is 3. The average Bonchev–Trinajstić information content (AvgIpc) is 1.96. The first kappa shape index (κ1) is 8.99. The van der Waals surface area contributed by atoms with Crippen LogP contribution in [0, 0.1) is 17.0 Å². The van der Waals surface area contributed by atoms with Crippen LogP contribution in [0.1, 0.15) is 5.56 Å². The predicted octanol–water partition coefficient (Wildman–Crippen LogP) is 2.37. The maximum absolute atomic E-state index is 10.4. The molecule has 1 aromatic carbocycles. The summed E-state index contributed by atoms with van der Waals surface area (Å²) in [5.74, 6) is 0.0486. The summed E-state index contributed by atoms with van der Waals surface area (Å²) in [6.45, 7) is 1.61. The molecule has 0 aliphatic heterocycles. The Kier molecular flexibility index (Phi) is 2.32. The van der Waals surface area contributed by atoms with E-state index in [1.54, 1.807) is 6.92 Å². The molecule has 0 amide bonds. The minimum absolute atomic E-state index is 0.0368. The van der Waals surface area contributed by atoms with Crippen molar-refractivity contribution in [1.82, 2.24) is 0 Å². The summed E-state index contributed by atoms with van der Waals surface area (Å²) in [4.78, 5) is 9.88. The average molecular weight is 232 g/mol. The standard InChI is InChI=1S/C7H6BrNO3/c1-4-2-6(9(11)12)5(8)3-7(4)10/h2-3,10H,1H3. The van der Waals surface area contributed by atoms with Crippen molar-refractivity contribution in [3.05, 3.63) is 32.3 Å². The summed E-state index contributed by atoms with van der Waals surface area (Å²) in [6.07, 6.45) is 0. The highest BCUT2D eigenvalue weighted by atomic mass is 79.9. The van der Waals surface area contributed by atoms with Gasteiger partial charge in [-0.1, -0.05) is 0 Å². The van der Waals surface area contributed by atoms with Gasteiger partial charge in [0, 0.05) is 12.1 Å². The largest absolute Gasteiger partial charge is 0.508 e. The fourth-order valence-electron chi connectivity index (χ4n) is 0.796. The molecule has 5 heteroatoms. The van der Waals surface area contributed by atoms with Gasteiger partial charge in [-0.15, -0.1) is 0 Å². The van der Waals surface area contributed by atoms with Crippen molar-refractivity contribution >= 4 is 21.6 Å². The van der Waals surface area contributed by atoms with E-state index in [-0.39, 0.29) is 15.9 Å². The minimum Gasteiger partial charge on any atom is -0.508 e. The van der Waals surface area contributed by atoms with Crippen molar-refractivity contribution in [2.45, 2.75) is 6.92 Å². The fourth-order valence-corrected chi connectivity index (χ4v) is 1.27. The molecule has 0 spiro atoms. The predicted molar refractivity (Wildman–Crippen MR) is 47.2 cm³/mol. The lowest BCUT2D eigenvalue weighted by atomic mass is 10.2. The van der Waals surface area contributed by atoms with Crippen molar-refractivity contribution in [2.75, 3.05) is 0 Å². The molecule has 0 fully saturated rings. The third-order valence-electron chi connectivity index (χ3n) is 1.46. The van der Waals surface area contributed by atoms with E-state index < -0.39 is 4.92 Å². The summed E-state index contributed by atoms with van der Waals surface area (Å²) >= 11 is 2.98. The number of rotatable bonds is 1. The number of nitro groups is 1. The zero-order valence-electron chi connectivity index (χ0n) is 6.24. The van der Waals surface area contributed by atoms with Crippen LogP contribution >= 0.6 is 15.9 Å². The summed E-state index contributed by atoms with van der Waals surface area (Å²) in [5.41, 5.74) is 0.454. The molecule has 0 saturated heterocycles. The lowest BCUT2D eigenvalue weighted by Crippen LogP contribution is -1.90. The van der Waals surface area contributed by atoms with Gasteiger partial charge < -0.3 is 5.11 Å². The summed E-state index contributed by atoms with van der Waals surface area (Å²) in [6, 6.07) is 2.63. The Bertz CT molecular complexity index is 338. The van der Waals surface area contributed by atoms with E-state index in [0.717, 1.165) is 0 Å². The lowest BCUT2D eigenvalue weighted by Gasteiger charge is -1.99. The van der Waals surface area contributed by atoms with E-state index in [0.29, 0.717) is 5.56 Å². The smallest absolute Gasteiger partial charge is 0.284 e. The second-order valence-electron chi connectivity index (χ2n) is 2.35. The number of nitrogens with zero attached hydrogens (tertiary/aromatic N) is 1. The number of phenolic OH excluding ortho intramolecular Hbond substituents is 1. The third kappa shape index (κ3) is 1.55. The molecule has 0 unspecified atom stereocenters. The van der Waals surface area contributed by atoms with Crippen molar-refractivity contribution < 1.29 is 10.0 Å². The Hall–Kier alpha value is -1.10. The first-order valence-corrected chi connectivity index (χ1v) is 3.95. The van der Waals surface area contributed by atoms with Gasteiger partial charge in [-0.3, -0.25) is 10.1 Å². The first-order chi connectivity index (χ1) is 5.52. The molecule has 0 saturated carbocycles. The van der Waals surface area contributed by atoms with Gasteiger partial charge in [0.05, 0.1) is 9.40 Å². The van der Waals surface area contributed by atoms with Gasteiger partial charge in [0.15, 0.2) is 0 Å². The van der Waals surface area contributed by atoms with Gasteiger partial charge in [-0.05, 0) is 28.4 Å².